The molecule has 1 heterocycles. The van der Waals surface area contributed by atoms with Crippen LogP contribution < -0.4 is 0 Å². The SMILES string of the molecule is O=S(=O)(Cc1ncccn1)c1c[c]ccc1. The molecule has 5 heteroatoms. The van der Waals surface area contributed by atoms with Crippen LogP contribution in [0.3, 0.4) is 0 Å². The molecule has 2 rings (SSSR count). The third-order valence-electron chi connectivity index (χ3n) is 1.98. The van der Waals surface area contributed by atoms with Crippen LogP contribution >= 0.6 is 0 Å². The van der Waals surface area contributed by atoms with Gasteiger partial charge >= 0.3 is 0 Å². The van der Waals surface area contributed by atoms with Crippen LogP contribution in [0.5, 0.6) is 0 Å². The van der Waals surface area contributed by atoms with Gasteiger partial charge < -0.3 is 0 Å². The largest absolute Gasteiger partial charge is 0.240 e. The summed E-state index contributed by atoms with van der Waals surface area (Å²) in [5.74, 6) is 0.109. The van der Waals surface area contributed by atoms with Gasteiger partial charge in [0.05, 0.1) is 4.90 Å². The molecule has 81 valence electrons. The molecule has 0 aliphatic carbocycles. The average Bonchev–Trinajstić information content (AvgIpc) is 2.31. The number of nitrogens with zero attached hydrogens (tertiary/aromatic N) is 2. The van der Waals surface area contributed by atoms with Gasteiger partial charge in [0.1, 0.15) is 11.6 Å². The molecule has 4 nitrogen and oxygen atoms in total. The van der Waals surface area contributed by atoms with Crippen LogP contribution in [-0.4, -0.2) is 18.4 Å². The Morgan fingerprint density at radius 3 is 2.56 bits per heavy atom. The molecule has 1 aromatic carbocycles. The summed E-state index contributed by atoms with van der Waals surface area (Å²) >= 11 is 0. The molecule has 1 aromatic heterocycles. The summed E-state index contributed by atoms with van der Waals surface area (Å²) in [7, 11) is -3.37. The first-order valence-electron chi connectivity index (χ1n) is 4.63. The first-order valence-corrected chi connectivity index (χ1v) is 6.28. The van der Waals surface area contributed by atoms with Gasteiger partial charge in [-0.3, -0.25) is 0 Å². The standard InChI is InChI=1S/C11H9N2O2S/c14-16(15,10-5-2-1-3-6-10)9-11-12-7-4-8-13-11/h1-2,4-8H,9H2. The van der Waals surface area contributed by atoms with Gasteiger partial charge in [-0.05, 0) is 24.3 Å². The van der Waals surface area contributed by atoms with Crippen LogP contribution in [0.4, 0.5) is 0 Å². The Kier molecular flexibility index (Phi) is 2.96. The highest BCUT2D eigenvalue weighted by atomic mass is 32.2. The zero-order chi connectivity index (χ0) is 11.4. The lowest BCUT2D eigenvalue weighted by Crippen LogP contribution is -2.07. The molecule has 0 spiro atoms. The molecule has 0 amide bonds. The highest BCUT2D eigenvalue weighted by molar-refractivity contribution is 7.90. The van der Waals surface area contributed by atoms with Crippen LogP contribution in [-0.2, 0) is 15.6 Å². The van der Waals surface area contributed by atoms with E-state index in [-0.39, 0.29) is 10.6 Å². The van der Waals surface area contributed by atoms with Gasteiger partial charge in [-0.25, -0.2) is 18.4 Å². The van der Waals surface area contributed by atoms with Crippen molar-refractivity contribution in [1.82, 2.24) is 9.97 Å². The fraction of sp³-hybridized carbons (Fsp3) is 0.0909. The van der Waals surface area contributed by atoms with Crippen molar-refractivity contribution in [3.8, 4) is 0 Å². The number of benzene rings is 1. The summed E-state index contributed by atoms with van der Waals surface area (Å²) in [4.78, 5) is 8.02. The number of hydrogen-bond acceptors (Lipinski definition) is 4. The van der Waals surface area contributed by atoms with Gasteiger partial charge in [0.25, 0.3) is 0 Å². The van der Waals surface area contributed by atoms with E-state index in [1.807, 2.05) is 0 Å². The summed E-state index contributed by atoms with van der Waals surface area (Å²) in [6.45, 7) is 0. The van der Waals surface area contributed by atoms with Crippen molar-refractivity contribution in [2.45, 2.75) is 10.6 Å². The van der Waals surface area contributed by atoms with Crippen LogP contribution in [0.1, 0.15) is 5.82 Å². The molecule has 0 saturated heterocycles. The number of sulfone groups is 1. The smallest absolute Gasteiger partial charge is 0.185 e. The van der Waals surface area contributed by atoms with E-state index < -0.39 is 9.84 Å². The van der Waals surface area contributed by atoms with Crippen LogP contribution in [0, 0.1) is 6.07 Å². The minimum absolute atomic E-state index is 0.189. The first kappa shape index (κ1) is 10.8. The van der Waals surface area contributed by atoms with Crippen LogP contribution in [0.25, 0.3) is 0 Å². The predicted octanol–water partition coefficient (Wildman–Crippen LogP) is 1.25. The highest BCUT2D eigenvalue weighted by Gasteiger charge is 2.15. The van der Waals surface area contributed by atoms with Crippen molar-refractivity contribution in [1.29, 1.82) is 0 Å². The first-order chi connectivity index (χ1) is 7.68. The molecule has 0 unspecified atom stereocenters. The monoisotopic (exact) mass is 233 g/mol. The zero-order valence-corrected chi connectivity index (χ0v) is 9.18. The van der Waals surface area contributed by atoms with Gasteiger partial charge in [0.15, 0.2) is 9.84 Å². The second-order valence-electron chi connectivity index (χ2n) is 3.16. The molecule has 0 atom stereocenters. The Labute approximate surface area is 93.9 Å². The lowest BCUT2D eigenvalue weighted by atomic mass is 10.4. The Hall–Kier alpha value is -1.75. The van der Waals surface area contributed by atoms with E-state index in [0.29, 0.717) is 5.82 Å². The summed E-state index contributed by atoms with van der Waals surface area (Å²) in [6, 6.07) is 10.6. The lowest BCUT2D eigenvalue weighted by Gasteiger charge is -2.02. The van der Waals surface area contributed by atoms with Crippen molar-refractivity contribution in [3.05, 3.63) is 54.6 Å². The van der Waals surface area contributed by atoms with Crippen molar-refractivity contribution in [2.24, 2.45) is 0 Å². The maximum atomic E-state index is 11.9. The van der Waals surface area contributed by atoms with Crippen LogP contribution in [0.2, 0.25) is 0 Å². The maximum absolute atomic E-state index is 11.9. The van der Waals surface area contributed by atoms with Crippen molar-refractivity contribution in [2.75, 3.05) is 0 Å². The molecular weight excluding hydrogens is 224 g/mol. The fourth-order valence-corrected chi connectivity index (χ4v) is 2.42. The maximum Gasteiger partial charge on any atom is 0.185 e. The molecular formula is C11H9N2O2S. The van der Waals surface area contributed by atoms with E-state index in [2.05, 4.69) is 16.0 Å². The second kappa shape index (κ2) is 4.40. The number of aromatic nitrogens is 2. The third kappa shape index (κ3) is 2.43. The highest BCUT2D eigenvalue weighted by Crippen LogP contribution is 2.12. The van der Waals surface area contributed by atoms with E-state index >= 15 is 0 Å². The van der Waals surface area contributed by atoms with Crippen molar-refractivity contribution >= 4 is 9.84 Å². The molecule has 16 heavy (non-hydrogen) atoms. The van der Waals surface area contributed by atoms with Gasteiger partial charge in [-0.2, -0.15) is 0 Å². The summed E-state index contributed by atoms with van der Waals surface area (Å²) in [5, 5.41) is 0. The van der Waals surface area contributed by atoms with E-state index in [0.717, 1.165) is 0 Å². The third-order valence-corrected chi connectivity index (χ3v) is 3.59. The molecule has 0 aliphatic heterocycles. The van der Waals surface area contributed by atoms with Gasteiger partial charge in [-0.1, -0.05) is 12.1 Å². The molecule has 0 bridgehead atoms. The predicted molar refractivity (Wildman–Crippen MR) is 58.2 cm³/mol. The Balaban J connectivity index is 2.29. The van der Waals surface area contributed by atoms with E-state index in [1.165, 1.54) is 24.5 Å². The number of hydrogen-bond donors (Lipinski definition) is 0. The summed E-state index contributed by atoms with van der Waals surface area (Å²) in [6.07, 6.45) is 3.05. The zero-order valence-electron chi connectivity index (χ0n) is 8.37. The Morgan fingerprint density at radius 1 is 1.19 bits per heavy atom. The molecule has 0 aliphatic rings. The quantitative estimate of drug-likeness (QED) is 0.800. The van der Waals surface area contributed by atoms with Crippen molar-refractivity contribution < 1.29 is 8.42 Å². The molecule has 0 saturated carbocycles. The van der Waals surface area contributed by atoms with E-state index in [9.17, 15) is 8.42 Å². The Morgan fingerprint density at radius 2 is 1.94 bits per heavy atom. The minimum atomic E-state index is -3.37. The topological polar surface area (TPSA) is 59.9 Å². The second-order valence-corrected chi connectivity index (χ2v) is 5.15. The van der Waals surface area contributed by atoms with Gasteiger partial charge in [0, 0.05) is 12.4 Å². The van der Waals surface area contributed by atoms with Gasteiger partial charge in [0.2, 0.25) is 0 Å². The summed E-state index contributed by atoms with van der Waals surface area (Å²) in [5.41, 5.74) is 0. The Bertz CT molecular complexity index is 553. The van der Waals surface area contributed by atoms with Crippen molar-refractivity contribution in [3.63, 3.8) is 0 Å². The van der Waals surface area contributed by atoms with E-state index in [1.54, 1.807) is 18.2 Å². The lowest BCUT2D eigenvalue weighted by molar-refractivity contribution is 0.593. The fourth-order valence-electron chi connectivity index (χ4n) is 1.23. The average molecular weight is 233 g/mol. The van der Waals surface area contributed by atoms with Gasteiger partial charge in [-0.15, -0.1) is 0 Å². The minimum Gasteiger partial charge on any atom is -0.240 e. The summed E-state index contributed by atoms with van der Waals surface area (Å²) < 4.78 is 23.8. The van der Waals surface area contributed by atoms with E-state index in [4.69, 9.17) is 0 Å². The number of rotatable bonds is 3. The molecule has 0 N–H and O–H groups in total. The normalized spacial score (nSPS) is 11.2. The molecule has 2 aromatic rings. The molecule has 0 fully saturated rings. The van der Waals surface area contributed by atoms with Crippen LogP contribution in [0.15, 0.2) is 47.6 Å². The molecule has 1 radical (unpaired) electrons.